The number of allylic oxidation sites excluding steroid dienone is 1. The van der Waals surface area contributed by atoms with Gasteiger partial charge in [0.2, 0.25) is 10.9 Å². The van der Waals surface area contributed by atoms with Crippen LogP contribution < -0.4 is 19.8 Å². The van der Waals surface area contributed by atoms with E-state index in [9.17, 15) is 0 Å². The molecule has 2 aliphatic rings. The Balaban J connectivity index is 1.20. The Kier molecular flexibility index (Phi) is 6.13. The van der Waals surface area contributed by atoms with E-state index in [1.165, 1.54) is 33.6 Å². The first-order chi connectivity index (χ1) is 17.6. The van der Waals surface area contributed by atoms with Crippen LogP contribution in [-0.4, -0.2) is 59.2 Å². The average molecular weight is 498 g/mol. The van der Waals surface area contributed by atoms with Crippen LogP contribution in [0.25, 0.3) is 16.6 Å². The minimum absolute atomic E-state index is 0.409. The zero-order chi connectivity index (χ0) is 24.6. The molecule has 182 valence electrons. The van der Waals surface area contributed by atoms with E-state index in [4.69, 9.17) is 22.3 Å². The summed E-state index contributed by atoms with van der Waals surface area (Å²) in [5.74, 6) is 2.11. The number of imidazole rings is 1. The number of hydrogen-bond acceptors (Lipinski definition) is 8. The molecule has 2 radical (unpaired) electrons. The van der Waals surface area contributed by atoms with Crippen molar-refractivity contribution in [1.82, 2.24) is 24.6 Å². The van der Waals surface area contributed by atoms with Gasteiger partial charge in [-0.3, -0.25) is 0 Å². The lowest BCUT2D eigenvalue weighted by atomic mass is 9.98. The van der Waals surface area contributed by atoms with Crippen LogP contribution in [0.5, 0.6) is 10.9 Å². The lowest BCUT2D eigenvalue weighted by molar-refractivity contribution is 0.227. The second-order valence-corrected chi connectivity index (χ2v) is 10.3. The van der Waals surface area contributed by atoms with E-state index in [1.807, 2.05) is 6.20 Å². The van der Waals surface area contributed by atoms with E-state index in [1.54, 1.807) is 24.0 Å². The predicted molar refractivity (Wildman–Crippen MR) is 143 cm³/mol. The zero-order valence-electron chi connectivity index (χ0n) is 20.5. The number of nitrogens with zero attached hydrogens (tertiary/aromatic N) is 6. The van der Waals surface area contributed by atoms with Crippen LogP contribution in [0, 0.1) is 5.92 Å². The first-order valence-electron chi connectivity index (χ1n) is 12.3. The number of aryl methyl sites for hydroxylation is 1. The molecule has 0 amide bonds. The van der Waals surface area contributed by atoms with Gasteiger partial charge in [-0.1, -0.05) is 18.5 Å². The summed E-state index contributed by atoms with van der Waals surface area (Å²) < 4.78 is 13.5. The van der Waals surface area contributed by atoms with E-state index < -0.39 is 0 Å². The standard InChI is InChI=1S/C26H27BN6O2S/c1-3-16-7-18-9-19(22-14-33-25(30-22)36-26(31-33)34-2)10-21(18)23(8-16)35-15-17-5-4-6-32(13-17)24-28-11-20(27)12-29-24/h7-8,10-12,14,17H,3-6,9,13,15H2,1-2H3. The third kappa shape index (κ3) is 4.45. The summed E-state index contributed by atoms with van der Waals surface area (Å²) >= 11 is 1.44. The van der Waals surface area contributed by atoms with Crippen molar-refractivity contribution in [2.75, 3.05) is 31.7 Å². The Labute approximate surface area is 215 Å². The molecule has 8 nitrogen and oxygen atoms in total. The van der Waals surface area contributed by atoms with Crippen molar-refractivity contribution in [3.8, 4) is 10.9 Å². The molecule has 0 spiro atoms. The van der Waals surface area contributed by atoms with Crippen molar-refractivity contribution in [3.63, 3.8) is 0 Å². The van der Waals surface area contributed by atoms with Gasteiger partial charge in [0.05, 0.1) is 25.6 Å². The molecule has 1 unspecified atom stereocenters. The molecule has 1 saturated heterocycles. The second kappa shape index (κ2) is 9.57. The molecular formula is C26H27BN6O2S. The highest BCUT2D eigenvalue weighted by Gasteiger charge is 2.25. The van der Waals surface area contributed by atoms with Crippen LogP contribution in [0.15, 0.2) is 30.7 Å². The predicted octanol–water partition coefficient (Wildman–Crippen LogP) is 3.34. The smallest absolute Gasteiger partial charge is 0.294 e. The highest BCUT2D eigenvalue weighted by atomic mass is 32.1. The number of ether oxygens (including phenoxy) is 2. The van der Waals surface area contributed by atoms with Crippen LogP contribution in [0.3, 0.4) is 0 Å². The zero-order valence-corrected chi connectivity index (χ0v) is 21.3. The molecule has 0 saturated carbocycles. The number of aromatic nitrogens is 5. The van der Waals surface area contributed by atoms with Gasteiger partial charge in [0.1, 0.15) is 13.6 Å². The van der Waals surface area contributed by atoms with Crippen molar-refractivity contribution >= 4 is 47.2 Å². The third-order valence-electron chi connectivity index (χ3n) is 6.86. The molecule has 1 aliphatic carbocycles. The second-order valence-electron chi connectivity index (χ2n) is 9.37. The topological polar surface area (TPSA) is 77.7 Å². The molecule has 6 rings (SSSR count). The fourth-order valence-corrected chi connectivity index (χ4v) is 5.68. The summed E-state index contributed by atoms with van der Waals surface area (Å²) in [4.78, 5) is 16.7. The summed E-state index contributed by atoms with van der Waals surface area (Å²) in [7, 11) is 7.38. The molecule has 1 fully saturated rings. The Morgan fingerprint density at radius 1 is 1.22 bits per heavy atom. The number of fused-ring (bicyclic) bond motifs is 2. The summed E-state index contributed by atoms with van der Waals surface area (Å²) in [5, 5.41) is 5.02. The van der Waals surface area contributed by atoms with Gasteiger partial charge in [0.15, 0.2) is 0 Å². The van der Waals surface area contributed by atoms with Crippen molar-refractivity contribution < 1.29 is 9.47 Å². The maximum absolute atomic E-state index is 6.51. The van der Waals surface area contributed by atoms with Crippen LogP contribution in [-0.2, 0) is 12.8 Å². The number of methoxy groups -OCH3 is 1. The number of hydrogen-bond donors (Lipinski definition) is 0. The van der Waals surface area contributed by atoms with Crippen LogP contribution in [0.1, 0.15) is 42.1 Å². The van der Waals surface area contributed by atoms with Gasteiger partial charge < -0.3 is 14.4 Å². The number of rotatable bonds is 7. The number of anilines is 1. The molecule has 1 aromatic carbocycles. The van der Waals surface area contributed by atoms with E-state index in [2.05, 4.69) is 45.1 Å². The minimum atomic E-state index is 0.409. The molecule has 10 heteroatoms. The maximum Gasteiger partial charge on any atom is 0.294 e. The highest BCUT2D eigenvalue weighted by molar-refractivity contribution is 7.18. The van der Waals surface area contributed by atoms with Gasteiger partial charge in [-0.25, -0.2) is 19.5 Å². The molecule has 0 N–H and O–H groups in total. The third-order valence-corrected chi connectivity index (χ3v) is 7.74. The fourth-order valence-electron chi connectivity index (χ4n) is 4.98. The van der Waals surface area contributed by atoms with Crippen LogP contribution >= 0.6 is 11.3 Å². The molecule has 4 heterocycles. The first-order valence-corrected chi connectivity index (χ1v) is 13.1. The molecule has 0 bridgehead atoms. The molecule has 3 aromatic heterocycles. The summed E-state index contributed by atoms with van der Waals surface area (Å²) in [6.45, 7) is 4.68. The van der Waals surface area contributed by atoms with Gasteiger partial charge >= 0.3 is 0 Å². The van der Waals surface area contributed by atoms with E-state index in [0.717, 1.165) is 61.1 Å². The Hall–Kier alpha value is -3.40. The summed E-state index contributed by atoms with van der Waals surface area (Å²) in [6.07, 6.45) is 11.6. The summed E-state index contributed by atoms with van der Waals surface area (Å²) in [6, 6.07) is 4.49. The van der Waals surface area contributed by atoms with Gasteiger partial charge in [-0.05, 0) is 59.4 Å². The molecule has 36 heavy (non-hydrogen) atoms. The van der Waals surface area contributed by atoms with E-state index in [-0.39, 0.29) is 0 Å². The SMILES string of the molecule is [B]c1cnc(N2CCCC(COc3cc(CC)cc4c3C=C(c3cn5nc(OC)sc5n3)C4)C2)nc1. The molecule has 4 aromatic rings. The van der Waals surface area contributed by atoms with Gasteiger partial charge in [0.25, 0.3) is 5.19 Å². The van der Waals surface area contributed by atoms with Crippen molar-refractivity contribution in [2.24, 2.45) is 5.92 Å². The Morgan fingerprint density at radius 2 is 2.08 bits per heavy atom. The van der Waals surface area contributed by atoms with E-state index >= 15 is 0 Å². The average Bonchev–Trinajstić information content (AvgIpc) is 3.60. The van der Waals surface area contributed by atoms with Gasteiger partial charge in [-0.15, -0.1) is 5.10 Å². The van der Waals surface area contributed by atoms with Crippen molar-refractivity contribution in [3.05, 3.63) is 53.1 Å². The Morgan fingerprint density at radius 3 is 2.86 bits per heavy atom. The van der Waals surface area contributed by atoms with Crippen LogP contribution in [0.4, 0.5) is 5.95 Å². The van der Waals surface area contributed by atoms with E-state index in [0.29, 0.717) is 23.2 Å². The Bertz CT molecular complexity index is 1400. The normalized spacial score (nSPS) is 17.3. The van der Waals surface area contributed by atoms with Crippen molar-refractivity contribution in [1.29, 1.82) is 0 Å². The quantitative estimate of drug-likeness (QED) is 0.362. The maximum atomic E-state index is 6.51. The first kappa shape index (κ1) is 23.0. The lowest BCUT2D eigenvalue weighted by Crippen LogP contribution is -2.39. The monoisotopic (exact) mass is 498 g/mol. The van der Waals surface area contributed by atoms with Gasteiger partial charge in [0, 0.05) is 43.4 Å². The highest BCUT2D eigenvalue weighted by Crippen LogP contribution is 2.38. The molecular weight excluding hydrogens is 471 g/mol. The number of piperidine rings is 1. The van der Waals surface area contributed by atoms with Crippen LogP contribution in [0.2, 0.25) is 0 Å². The minimum Gasteiger partial charge on any atom is -0.493 e. The largest absolute Gasteiger partial charge is 0.493 e. The fraction of sp³-hybridized carbons (Fsp3) is 0.385. The lowest BCUT2D eigenvalue weighted by Gasteiger charge is -2.32. The van der Waals surface area contributed by atoms with Crippen molar-refractivity contribution in [2.45, 2.75) is 32.6 Å². The summed E-state index contributed by atoms with van der Waals surface area (Å²) in [5.41, 5.74) is 6.46. The van der Waals surface area contributed by atoms with Gasteiger partial charge in [-0.2, -0.15) is 0 Å². The number of benzene rings is 1. The molecule has 1 atom stereocenters. The molecule has 1 aliphatic heterocycles.